The highest BCUT2D eigenvalue weighted by atomic mass is 32.1. The first kappa shape index (κ1) is 47.5. The van der Waals surface area contributed by atoms with E-state index in [1.165, 1.54) is 44.9 Å². The van der Waals surface area contributed by atoms with E-state index in [4.69, 9.17) is 17.4 Å². The summed E-state index contributed by atoms with van der Waals surface area (Å²) in [6.07, 6.45) is 11.9. The number of carbonyl (C=O) groups excluding carboxylic acids is 1. The van der Waals surface area contributed by atoms with E-state index in [0.717, 1.165) is 19.3 Å². The number of phenolic OH excluding ortho intramolecular Hbond substituents is 2. The van der Waals surface area contributed by atoms with Crippen molar-refractivity contribution in [2.75, 3.05) is 0 Å². The largest absolute Gasteiger partial charge is 0.507 e. The Morgan fingerprint density at radius 3 is 1.13 bits per heavy atom. The average Bonchev–Trinajstić information content (AvgIpc) is 3.00. The van der Waals surface area contributed by atoms with Crippen molar-refractivity contribution in [3.05, 3.63) is 57.6 Å². The fourth-order valence-corrected chi connectivity index (χ4v) is 7.55. The van der Waals surface area contributed by atoms with Crippen LogP contribution in [0.2, 0.25) is 0 Å². The number of carboxylic acids is 1. The van der Waals surface area contributed by atoms with Gasteiger partial charge in [-0.05, 0) is 87.6 Å². The van der Waals surface area contributed by atoms with Gasteiger partial charge < -0.3 is 20.1 Å². The van der Waals surface area contributed by atoms with Crippen molar-refractivity contribution in [2.45, 2.75) is 207 Å². The summed E-state index contributed by atoms with van der Waals surface area (Å²) in [5.74, 6) is -1.76. The van der Waals surface area contributed by atoms with Crippen molar-refractivity contribution in [2.24, 2.45) is 5.41 Å². The maximum atomic E-state index is 14.7. The first-order valence-electron chi connectivity index (χ1n) is 20.5. The van der Waals surface area contributed by atoms with Crippen LogP contribution in [0, 0.1) is 5.41 Å². The summed E-state index contributed by atoms with van der Waals surface area (Å²) in [7, 11) is 0. The molecule has 0 spiro atoms. The Bertz CT molecular complexity index is 1400. The molecule has 0 fully saturated rings. The summed E-state index contributed by atoms with van der Waals surface area (Å²) in [6.45, 7) is 28.1. The number of thiol groups is 1. The molecule has 306 valence electrons. The minimum Gasteiger partial charge on any atom is -0.507 e. The maximum Gasteiger partial charge on any atom is 0.325 e. The second-order valence-electron chi connectivity index (χ2n) is 20.3. The van der Waals surface area contributed by atoms with Crippen molar-refractivity contribution in [3.8, 4) is 11.5 Å². The van der Waals surface area contributed by atoms with E-state index >= 15 is 0 Å². The van der Waals surface area contributed by atoms with Gasteiger partial charge in [-0.3, -0.25) is 9.59 Å². The molecular formula is C47H76O6S. The molecule has 0 radical (unpaired) electrons. The van der Waals surface area contributed by atoms with Crippen LogP contribution in [0.25, 0.3) is 0 Å². The molecule has 2 aromatic rings. The van der Waals surface area contributed by atoms with Gasteiger partial charge in [0, 0.05) is 0 Å². The summed E-state index contributed by atoms with van der Waals surface area (Å²) >= 11 is 4.81. The number of benzene rings is 2. The Morgan fingerprint density at radius 1 is 0.556 bits per heavy atom. The normalized spacial score (nSPS) is 14.2. The van der Waals surface area contributed by atoms with Gasteiger partial charge in [0.05, 0.1) is 0 Å². The van der Waals surface area contributed by atoms with Crippen LogP contribution >= 0.6 is 12.6 Å². The Hall–Kier alpha value is -2.67. The number of carbonyl (C=O) groups is 2. The van der Waals surface area contributed by atoms with Crippen molar-refractivity contribution >= 4 is 24.6 Å². The molecule has 6 nitrogen and oxygen atoms in total. The van der Waals surface area contributed by atoms with Crippen LogP contribution in [0.4, 0.5) is 0 Å². The number of unbranched alkanes of at least 4 members (excludes halogenated alkanes) is 9. The highest BCUT2D eigenvalue weighted by Crippen LogP contribution is 2.45. The van der Waals surface area contributed by atoms with Crippen LogP contribution in [0.1, 0.15) is 201 Å². The lowest BCUT2D eigenvalue weighted by Crippen LogP contribution is -2.47. The summed E-state index contributed by atoms with van der Waals surface area (Å²) in [5, 5.41) is 34.2. The van der Waals surface area contributed by atoms with Gasteiger partial charge in [0.15, 0.2) is 10.3 Å². The molecule has 7 heteroatoms. The van der Waals surface area contributed by atoms with Gasteiger partial charge in [-0.1, -0.05) is 172 Å². The summed E-state index contributed by atoms with van der Waals surface area (Å²) < 4.78 is 6.17. The number of ether oxygens (including phenoxy) is 1. The summed E-state index contributed by atoms with van der Waals surface area (Å²) in [6, 6.07) is 7.38. The zero-order chi connectivity index (χ0) is 41.5. The molecule has 0 bridgehead atoms. The fraction of sp³-hybridized carbons (Fsp3) is 0.702. The number of hydrogen-bond donors (Lipinski definition) is 4. The molecule has 2 rings (SSSR count). The Labute approximate surface area is 334 Å². The van der Waals surface area contributed by atoms with E-state index in [9.17, 15) is 24.9 Å². The Balaban J connectivity index is 2.66. The predicted molar refractivity (Wildman–Crippen MR) is 228 cm³/mol. The van der Waals surface area contributed by atoms with Crippen LogP contribution < -0.4 is 0 Å². The Morgan fingerprint density at radius 2 is 0.852 bits per heavy atom. The highest BCUT2D eigenvalue weighted by Gasteiger charge is 2.50. The first-order valence-corrected chi connectivity index (χ1v) is 20.9. The van der Waals surface area contributed by atoms with Gasteiger partial charge in [0.2, 0.25) is 0 Å². The maximum absolute atomic E-state index is 14.7. The molecular weight excluding hydrogens is 693 g/mol. The number of carboxylic acid groups (broad SMARTS) is 1. The molecule has 1 unspecified atom stereocenters. The number of rotatable bonds is 18. The lowest BCUT2D eigenvalue weighted by molar-refractivity contribution is -0.174. The monoisotopic (exact) mass is 769 g/mol. The van der Waals surface area contributed by atoms with E-state index in [1.54, 1.807) is 6.92 Å². The molecule has 0 amide bonds. The van der Waals surface area contributed by atoms with Crippen molar-refractivity contribution < 1.29 is 29.6 Å². The molecule has 0 saturated carbocycles. The molecule has 0 aromatic heterocycles. The average molecular weight is 769 g/mol. The molecule has 0 heterocycles. The van der Waals surface area contributed by atoms with Crippen LogP contribution in [0.3, 0.4) is 0 Å². The number of aliphatic carboxylic acids is 1. The molecule has 1 atom stereocenters. The summed E-state index contributed by atoms with van der Waals surface area (Å²) in [5.41, 5.74) is 0.156. The molecule has 2 aromatic carbocycles. The van der Waals surface area contributed by atoms with Crippen LogP contribution in [0.5, 0.6) is 11.5 Å². The minimum atomic E-state index is -2.04. The zero-order valence-corrected chi connectivity index (χ0v) is 37.4. The van der Waals surface area contributed by atoms with Gasteiger partial charge in [-0.2, -0.15) is 0 Å². The second kappa shape index (κ2) is 18.5. The molecule has 0 aliphatic rings. The number of hydrogen-bond acceptors (Lipinski definition) is 6. The van der Waals surface area contributed by atoms with Crippen LogP contribution in [-0.2, 0) is 48.8 Å². The molecule has 0 saturated heterocycles. The van der Waals surface area contributed by atoms with Crippen LogP contribution in [0.15, 0.2) is 24.3 Å². The quantitative estimate of drug-likeness (QED) is 0.0396. The van der Waals surface area contributed by atoms with Crippen molar-refractivity contribution in [3.63, 3.8) is 0 Å². The second-order valence-corrected chi connectivity index (χ2v) is 21.3. The van der Waals surface area contributed by atoms with Gasteiger partial charge in [-0.25, -0.2) is 0 Å². The van der Waals surface area contributed by atoms with Gasteiger partial charge in [-0.15, -0.1) is 12.6 Å². The van der Waals surface area contributed by atoms with Crippen molar-refractivity contribution in [1.29, 1.82) is 0 Å². The zero-order valence-electron chi connectivity index (χ0n) is 36.5. The van der Waals surface area contributed by atoms with Crippen molar-refractivity contribution in [1.82, 2.24) is 0 Å². The molecule has 54 heavy (non-hydrogen) atoms. The van der Waals surface area contributed by atoms with E-state index in [0.29, 0.717) is 39.8 Å². The fourth-order valence-electron chi connectivity index (χ4n) is 7.31. The first-order chi connectivity index (χ1) is 24.6. The van der Waals surface area contributed by atoms with E-state index in [1.807, 2.05) is 107 Å². The topological polar surface area (TPSA) is 104 Å². The lowest BCUT2D eigenvalue weighted by Gasteiger charge is -2.35. The van der Waals surface area contributed by atoms with E-state index < -0.39 is 43.9 Å². The van der Waals surface area contributed by atoms with Gasteiger partial charge >= 0.3 is 11.9 Å². The van der Waals surface area contributed by atoms with Gasteiger partial charge in [0.1, 0.15) is 11.5 Å². The summed E-state index contributed by atoms with van der Waals surface area (Å²) in [4.78, 5) is 27.4. The number of esters is 1. The third kappa shape index (κ3) is 13.2. The number of phenols is 2. The highest BCUT2D eigenvalue weighted by molar-refractivity contribution is 7.81. The molecule has 0 aliphatic carbocycles. The predicted octanol–water partition coefficient (Wildman–Crippen LogP) is 12.6. The minimum absolute atomic E-state index is 0.160. The Kier molecular flexibility index (Phi) is 16.3. The third-order valence-electron chi connectivity index (χ3n) is 10.7. The van der Waals surface area contributed by atoms with Crippen LogP contribution in [-0.4, -0.2) is 32.2 Å². The van der Waals surface area contributed by atoms with Gasteiger partial charge in [0.25, 0.3) is 0 Å². The lowest BCUT2D eigenvalue weighted by atomic mass is 9.71. The van der Waals surface area contributed by atoms with E-state index in [-0.39, 0.29) is 24.3 Å². The van der Waals surface area contributed by atoms with E-state index in [2.05, 4.69) is 6.92 Å². The third-order valence-corrected chi connectivity index (χ3v) is 11.0. The SMILES string of the molecule is CCCCCCCCCCCCC(C)(S)OC(=O)C(Cc1cc(C(C)(C)C)c(O)c(C(C)(C)C)c1)(Cc1cc(C(C)(C)C)c(O)c(C(C)(C)C)c1)C(=O)O. The molecule has 3 N–H and O–H groups in total. The number of aromatic hydroxyl groups is 2. The molecule has 0 aliphatic heterocycles. The standard InChI is InChI=1S/C47H76O6S/c1-15-16-17-18-19-20-21-22-23-24-25-46(14,54)53-41(52)47(40(50)51,30-32-26-34(42(2,3)4)38(48)35(27-32)43(5,6)7)31-33-28-36(44(8,9)10)39(49)37(29-33)45(11,12)13/h26-29,48-49,54H,15-25,30-31H2,1-14H3,(H,50,51). The smallest absolute Gasteiger partial charge is 0.325 e.